The third-order valence-corrected chi connectivity index (χ3v) is 3.38. The van der Waals surface area contributed by atoms with Gasteiger partial charge in [-0.05, 0) is 43.0 Å². The molecule has 0 atom stereocenters. The van der Waals surface area contributed by atoms with E-state index in [1.54, 1.807) is 0 Å². The van der Waals surface area contributed by atoms with Crippen LogP contribution in [0.2, 0.25) is 0 Å². The van der Waals surface area contributed by atoms with Gasteiger partial charge >= 0.3 is 11.9 Å². The Balaban J connectivity index is 2.36. The highest BCUT2D eigenvalue weighted by Gasteiger charge is 2.29. The van der Waals surface area contributed by atoms with Gasteiger partial charge in [0.05, 0.1) is 12.8 Å². The van der Waals surface area contributed by atoms with Crippen LogP contribution in [0, 0.1) is 20.8 Å². The van der Waals surface area contributed by atoms with E-state index in [0.717, 1.165) is 11.1 Å². The largest absolute Gasteiger partial charge is 0.393 e. The number of esters is 2. The molecule has 1 aromatic rings. The van der Waals surface area contributed by atoms with Crippen LogP contribution in [-0.2, 0) is 14.3 Å². The number of aryl methyl sites for hydroxylation is 3. The Morgan fingerprint density at radius 1 is 0.941 bits per heavy atom. The van der Waals surface area contributed by atoms with E-state index in [1.165, 1.54) is 11.1 Å². The van der Waals surface area contributed by atoms with Crippen LogP contribution in [0.5, 0.6) is 0 Å². The summed E-state index contributed by atoms with van der Waals surface area (Å²) in [5.41, 5.74) is 4.66. The van der Waals surface area contributed by atoms with Crippen molar-refractivity contribution in [3.8, 4) is 0 Å². The van der Waals surface area contributed by atoms with Crippen molar-refractivity contribution in [2.45, 2.75) is 39.5 Å². The normalized spacial score (nSPS) is 17.1. The molecular formula is C14H16O3. The number of carbonyl (C=O) groups excluding carboxylic acids is 2. The Kier molecular flexibility index (Phi) is 3.01. The molecule has 1 saturated heterocycles. The third-order valence-electron chi connectivity index (χ3n) is 3.38. The van der Waals surface area contributed by atoms with Gasteiger partial charge in [-0.3, -0.25) is 9.59 Å². The minimum Gasteiger partial charge on any atom is -0.393 e. The molecule has 1 aromatic carbocycles. The van der Waals surface area contributed by atoms with Crippen molar-refractivity contribution < 1.29 is 14.3 Å². The average Bonchev–Trinajstić information content (AvgIpc) is 2.22. The van der Waals surface area contributed by atoms with Crippen LogP contribution in [0.15, 0.2) is 12.1 Å². The van der Waals surface area contributed by atoms with Crippen molar-refractivity contribution in [3.63, 3.8) is 0 Å². The Hall–Kier alpha value is -1.64. The zero-order valence-electron chi connectivity index (χ0n) is 10.4. The van der Waals surface area contributed by atoms with Gasteiger partial charge in [0.25, 0.3) is 0 Å². The summed E-state index contributed by atoms with van der Waals surface area (Å²) in [6, 6.07) is 4.19. The fraction of sp³-hybridized carbons (Fsp3) is 0.429. The number of rotatable bonds is 1. The van der Waals surface area contributed by atoms with Gasteiger partial charge in [-0.25, -0.2) is 0 Å². The summed E-state index contributed by atoms with van der Waals surface area (Å²) in [6.45, 7) is 6.12. The fourth-order valence-electron chi connectivity index (χ4n) is 2.33. The van der Waals surface area contributed by atoms with Crippen molar-refractivity contribution >= 4 is 11.9 Å². The molecule has 0 aromatic heterocycles. The number of hydrogen-bond donors (Lipinski definition) is 0. The molecule has 3 nitrogen and oxygen atoms in total. The molecule has 0 radical (unpaired) electrons. The molecule has 0 unspecified atom stereocenters. The van der Waals surface area contributed by atoms with Crippen LogP contribution < -0.4 is 0 Å². The van der Waals surface area contributed by atoms with Crippen molar-refractivity contribution in [1.29, 1.82) is 0 Å². The molecule has 0 aliphatic carbocycles. The van der Waals surface area contributed by atoms with Crippen LogP contribution in [-0.4, -0.2) is 11.9 Å². The molecule has 2 rings (SSSR count). The van der Waals surface area contributed by atoms with E-state index >= 15 is 0 Å². The molecule has 0 bridgehead atoms. The summed E-state index contributed by atoms with van der Waals surface area (Å²) in [6.07, 6.45) is 0.601. The Labute approximate surface area is 101 Å². The molecule has 1 heterocycles. The smallest absolute Gasteiger partial charge is 0.314 e. The summed E-state index contributed by atoms with van der Waals surface area (Å²) in [5.74, 6) is -0.851. The SMILES string of the molecule is Cc1cc(C)c(C2CC(=O)OC(=O)C2)cc1C. The van der Waals surface area contributed by atoms with E-state index in [9.17, 15) is 9.59 Å². The average molecular weight is 232 g/mol. The number of cyclic esters (lactones) is 2. The molecule has 0 amide bonds. The second-order valence-corrected chi connectivity index (χ2v) is 4.74. The lowest BCUT2D eigenvalue weighted by Gasteiger charge is -2.22. The van der Waals surface area contributed by atoms with Crippen LogP contribution in [0.3, 0.4) is 0 Å². The van der Waals surface area contributed by atoms with E-state index in [-0.39, 0.29) is 5.92 Å². The van der Waals surface area contributed by atoms with Gasteiger partial charge in [0.15, 0.2) is 0 Å². The minimum atomic E-state index is -0.413. The maximum atomic E-state index is 11.3. The number of hydrogen-bond acceptors (Lipinski definition) is 3. The number of carbonyl (C=O) groups is 2. The summed E-state index contributed by atoms with van der Waals surface area (Å²) in [4.78, 5) is 22.6. The molecule has 1 aliphatic heterocycles. The molecular weight excluding hydrogens is 216 g/mol. The van der Waals surface area contributed by atoms with Gasteiger partial charge in [0.1, 0.15) is 0 Å². The van der Waals surface area contributed by atoms with E-state index in [2.05, 4.69) is 23.8 Å². The fourth-order valence-corrected chi connectivity index (χ4v) is 2.33. The molecule has 90 valence electrons. The summed E-state index contributed by atoms with van der Waals surface area (Å²) in [5, 5.41) is 0. The van der Waals surface area contributed by atoms with Crippen LogP contribution >= 0.6 is 0 Å². The monoisotopic (exact) mass is 232 g/mol. The Bertz CT molecular complexity index is 472. The lowest BCUT2D eigenvalue weighted by atomic mass is 9.86. The predicted molar refractivity (Wildman–Crippen MR) is 63.7 cm³/mol. The molecule has 0 N–H and O–H groups in total. The molecule has 3 heteroatoms. The van der Waals surface area contributed by atoms with E-state index in [4.69, 9.17) is 0 Å². The first-order valence-corrected chi connectivity index (χ1v) is 5.78. The highest BCUT2D eigenvalue weighted by atomic mass is 16.6. The predicted octanol–water partition coefficient (Wildman–Crippen LogP) is 2.56. The van der Waals surface area contributed by atoms with Crippen LogP contribution in [0.25, 0.3) is 0 Å². The topological polar surface area (TPSA) is 43.4 Å². The van der Waals surface area contributed by atoms with Gasteiger partial charge in [0.2, 0.25) is 0 Å². The third kappa shape index (κ3) is 2.38. The highest BCUT2D eigenvalue weighted by molar-refractivity contribution is 5.89. The molecule has 1 aliphatic rings. The Morgan fingerprint density at radius 3 is 2.06 bits per heavy atom. The number of benzene rings is 1. The lowest BCUT2D eigenvalue weighted by Crippen LogP contribution is -2.24. The molecule has 17 heavy (non-hydrogen) atoms. The van der Waals surface area contributed by atoms with E-state index in [1.807, 2.05) is 13.8 Å². The van der Waals surface area contributed by atoms with Crippen LogP contribution in [0.4, 0.5) is 0 Å². The highest BCUT2D eigenvalue weighted by Crippen LogP contribution is 2.31. The van der Waals surface area contributed by atoms with Crippen molar-refractivity contribution in [2.24, 2.45) is 0 Å². The Morgan fingerprint density at radius 2 is 1.47 bits per heavy atom. The lowest BCUT2D eigenvalue weighted by molar-refractivity contribution is -0.163. The van der Waals surface area contributed by atoms with Crippen LogP contribution in [0.1, 0.15) is 41.0 Å². The van der Waals surface area contributed by atoms with Gasteiger partial charge in [0, 0.05) is 5.92 Å². The van der Waals surface area contributed by atoms with Gasteiger partial charge in [-0.1, -0.05) is 12.1 Å². The van der Waals surface area contributed by atoms with Gasteiger partial charge < -0.3 is 4.74 Å². The number of ether oxygens (including phenoxy) is 1. The van der Waals surface area contributed by atoms with Crippen molar-refractivity contribution in [2.75, 3.05) is 0 Å². The first kappa shape index (κ1) is 11.8. The maximum Gasteiger partial charge on any atom is 0.314 e. The van der Waals surface area contributed by atoms with Gasteiger partial charge in [-0.2, -0.15) is 0 Å². The maximum absolute atomic E-state index is 11.3. The molecule has 0 spiro atoms. The first-order chi connectivity index (χ1) is 7.97. The van der Waals surface area contributed by atoms with Crippen molar-refractivity contribution in [3.05, 3.63) is 34.4 Å². The second kappa shape index (κ2) is 4.32. The summed E-state index contributed by atoms with van der Waals surface area (Å²) >= 11 is 0. The minimum absolute atomic E-state index is 0.0250. The van der Waals surface area contributed by atoms with Gasteiger partial charge in [-0.15, -0.1) is 0 Å². The second-order valence-electron chi connectivity index (χ2n) is 4.74. The standard InChI is InChI=1S/C14H16O3/c1-8-4-10(3)12(5-9(8)2)11-6-13(15)17-14(16)7-11/h4-5,11H,6-7H2,1-3H3. The summed E-state index contributed by atoms with van der Waals surface area (Å²) in [7, 11) is 0. The molecule has 1 fully saturated rings. The zero-order chi connectivity index (χ0) is 12.6. The van der Waals surface area contributed by atoms with E-state index < -0.39 is 11.9 Å². The molecule has 0 saturated carbocycles. The van der Waals surface area contributed by atoms with Crippen molar-refractivity contribution in [1.82, 2.24) is 0 Å². The van der Waals surface area contributed by atoms with E-state index in [0.29, 0.717) is 12.8 Å². The zero-order valence-corrected chi connectivity index (χ0v) is 10.4. The quantitative estimate of drug-likeness (QED) is 0.552. The summed E-state index contributed by atoms with van der Waals surface area (Å²) < 4.78 is 4.55. The first-order valence-electron chi connectivity index (χ1n) is 5.78.